The fraction of sp³-hybridized carbons (Fsp3) is 0.529. The van der Waals surface area contributed by atoms with Crippen LogP contribution in [0.4, 0.5) is 5.69 Å². The van der Waals surface area contributed by atoms with Crippen LogP contribution < -0.4 is 5.32 Å². The van der Waals surface area contributed by atoms with Crippen LogP contribution in [0.2, 0.25) is 0 Å². The minimum atomic E-state index is 0.706. The first kappa shape index (κ1) is 11.8. The van der Waals surface area contributed by atoms with Gasteiger partial charge < -0.3 is 0 Å². The van der Waals surface area contributed by atoms with Gasteiger partial charge in [0.25, 0.3) is 0 Å². The van der Waals surface area contributed by atoms with E-state index in [0.717, 1.165) is 0 Å². The molecule has 1 saturated carbocycles. The normalized spacial score (nSPS) is 21.2. The molecule has 1 fully saturated rings. The third-order valence-corrected chi connectivity index (χ3v) is 4.43. The molecule has 0 unspecified atom stereocenters. The number of hydrogen-bond acceptors (Lipinski definition) is 0. The fourth-order valence-corrected chi connectivity index (χ4v) is 3.37. The summed E-state index contributed by atoms with van der Waals surface area (Å²) in [6, 6.07) is 8.58. The Morgan fingerprint density at radius 2 is 1.61 bits per heavy atom. The fourth-order valence-electron chi connectivity index (χ4n) is 3.37. The monoisotopic (exact) mass is 240 g/mol. The highest BCUT2D eigenvalue weighted by Gasteiger charge is 2.26. The molecule has 0 spiro atoms. The molecule has 18 heavy (non-hydrogen) atoms. The third-order valence-electron chi connectivity index (χ3n) is 4.43. The number of nitrogens with zero attached hydrogens (tertiary/aromatic N) is 1. The maximum Gasteiger partial charge on any atom is 0.0708 e. The zero-order valence-electron chi connectivity index (χ0n) is 11.3. The van der Waals surface area contributed by atoms with E-state index < -0.39 is 0 Å². The summed E-state index contributed by atoms with van der Waals surface area (Å²) in [6.07, 6.45) is 9.70. The van der Waals surface area contributed by atoms with Gasteiger partial charge in [-0.05, 0) is 31.4 Å². The van der Waals surface area contributed by atoms with E-state index in [1.165, 1.54) is 67.5 Å². The molecule has 1 heteroatoms. The molecule has 0 N–H and O–H groups in total. The van der Waals surface area contributed by atoms with Crippen LogP contribution in [0.5, 0.6) is 0 Å². The first-order valence-corrected chi connectivity index (χ1v) is 7.38. The minimum absolute atomic E-state index is 0.706. The molecular weight excluding hydrogens is 218 g/mol. The summed E-state index contributed by atoms with van der Waals surface area (Å²) >= 11 is 0. The molecule has 1 radical (unpaired) electrons. The molecule has 0 bridgehead atoms. The first-order chi connectivity index (χ1) is 8.86. The summed E-state index contributed by atoms with van der Waals surface area (Å²) < 4.78 is 0. The van der Waals surface area contributed by atoms with Crippen molar-refractivity contribution in [1.82, 2.24) is 5.32 Å². The van der Waals surface area contributed by atoms with Gasteiger partial charge in [0.1, 0.15) is 0 Å². The first-order valence-electron chi connectivity index (χ1n) is 7.38. The van der Waals surface area contributed by atoms with E-state index >= 15 is 0 Å². The Kier molecular flexibility index (Phi) is 3.40. The zero-order valence-corrected chi connectivity index (χ0v) is 11.3. The molecule has 1 aromatic rings. The van der Waals surface area contributed by atoms with Crippen LogP contribution in [0.25, 0.3) is 5.57 Å². The highest BCUT2D eigenvalue weighted by molar-refractivity contribution is 5.81. The largest absolute Gasteiger partial charge is 0.252 e. The lowest BCUT2D eigenvalue weighted by Crippen LogP contribution is -2.11. The Bertz CT molecular complexity index is 450. The van der Waals surface area contributed by atoms with Crippen LogP contribution >= 0.6 is 0 Å². The second kappa shape index (κ2) is 5.17. The molecule has 0 amide bonds. The van der Waals surface area contributed by atoms with Gasteiger partial charge in [0.2, 0.25) is 0 Å². The van der Waals surface area contributed by atoms with Crippen molar-refractivity contribution in [2.24, 2.45) is 5.92 Å². The van der Waals surface area contributed by atoms with Crippen molar-refractivity contribution in [3.63, 3.8) is 0 Å². The standard InChI is InChI=1S/C17H22N/c1-13-15-11-7-8-12-16(15)18-17(13)14-9-5-3-2-4-6-10-14/h7-8,11-12,14H,2-6,9-10H2,1H3. The number of fused-ring (bicyclic) bond motifs is 1. The zero-order chi connectivity index (χ0) is 12.4. The van der Waals surface area contributed by atoms with Gasteiger partial charge >= 0.3 is 0 Å². The van der Waals surface area contributed by atoms with Crippen LogP contribution in [0.3, 0.4) is 0 Å². The quantitative estimate of drug-likeness (QED) is 0.654. The Hall–Kier alpha value is -1.24. The molecule has 0 atom stereocenters. The summed E-state index contributed by atoms with van der Waals surface area (Å²) in [5, 5.41) is 4.91. The average molecular weight is 240 g/mol. The minimum Gasteiger partial charge on any atom is -0.252 e. The van der Waals surface area contributed by atoms with Crippen LogP contribution in [-0.2, 0) is 0 Å². The SMILES string of the molecule is CC1=C(C2CCCCCCC2)[N]c2ccccc21. The van der Waals surface area contributed by atoms with Gasteiger partial charge in [-0.15, -0.1) is 0 Å². The lowest BCUT2D eigenvalue weighted by molar-refractivity contribution is 0.412. The van der Waals surface area contributed by atoms with Crippen LogP contribution in [0.1, 0.15) is 57.4 Å². The summed E-state index contributed by atoms with van der Waals surface area (Å²) in [5.74, 6) is 0.706. The predicted octanol–water partition coefficient (Wildman–Crippen LogP) is 5.03. The second-order valence-electron chi connectivity index (χ2n) is 5.68. The van der Waals surface area contributed by atoms with Crippen molar-refractivity contribution in [2.45, 2.75) is 51.9 Å². The van der Waals surface area contributed by atoms with Crippen molar-refractivity contribution < 1.29 is 0 Å². The third kappa shape index (κ3) is 2.19. The molecule has 1 aromatic carbocycles. The highest BCUT2D eigenvalue weighted by atomic mass is 14.9. The molecule has 1 aliphatic carbocycles. The summed E-state index contributed by atoms with van der Waals surface area (Å²) in [6.45, 7) is 2.25. The van der Waals surface area contributed by atoms with E-state index in [1.807, 2.05) is 0 Å². The highest BCUT2D eigenvalue weighted by Crippen LogP contribution is 2.40. The number of hydrogen-bond donors (Lipinski definition) is 0. The Morgan fingerprint density at radius 3 is 2.33 bits per heavy atom. The summed E-state index contributed by atoms with van der Waals surface area (Å²) in [4.78, 5) is 0. The molecule has 0 saturated heterocycles. The summed E-state index contributed by atoms with van der Waals surface area (Å²) in [7, 11) is 0. The Balaban J connectivity index is 1.82. The number of benzene rings is 1. The van der Waals surface area contributed by atoms with Gasteiger partial charge in [0, 0.05) is 17.2 Å². The number of rotatable bonds is 1. The Morgan fingerprint density at radius 1 is 0.944 bits per heavy atom. The van der Waals surface area contributed by atoms with E-state index in [0.29, 0.717) is 5.92 Å². The van der Waals surface area contributed by atoms with E-state index in [2.05, 4.69) is 31.2 Å². The molecule has 1 heterocycles. The average Bonchev–Trinajstić information content (AvgIpc) is 2.67. The van der Waals surface area contributed by atoms with Gasteiger partial charge in [0.05, 0.1) is 5.69 Å². The maximum atomic E-state index is 4.91. The molecule has 2 aliphatic rings. The molecule has 3 rings (SSSR count). The molecule has 0 aromatic heterocycles. The van der Waals surface area contributed by atoms with Gasteiger partial charge in [-0.2, -0.15) is 0 Å². The van der Waals surface area contributed by atoms with Crippen LogP contribution in [-0.4, -0.2) is 0 Å². The second-order valence-corrected chi connectivity index (χ2v) is 5.68. The Labute approximate surface area is 110 Å². The van der Waals surface area contributed by atoms with Crippen molar-refractivity contribution in [1.29, 1.82) is 0 Å². The topological polar surface area (TPSA) is 14.1 Å². The van der Waals surface area contributed by atoms with Gasteiger partial charge in [-0.1, -0.05) is 50.3 Å². The van der Waals surface area contributed by atoms with Gasteiger partial charge in [-0.3, -0.25) is 5.32 Å². The summed E-state index contributed by atoms with van der Waals surface area (Å²) in [5.41, 5.74) is 5.36. The lowest BCUT2D eigenvalue weighted by atomic mass is 9.87. The van der Waals surface area contributed by atoms with E-state index in [9.17, 15) is 0 Å². The van der Waals surface area contributed by atoms with E-state index in [4.69, 9.17) is 5.32 Å². The molecule has 95 valence electrons. The molecule has 1 aliphatic heterocycles. The van der Waals surface area contributed by atoms with Gasteiger partial charge in [0.15, 0.2) is 0 Å². The smallest absolute Gasteiger partial charge is 0.0708 e. The number of para-hydroxylation sites is 1. The number of allylic oxidation sites excluding steroid dienone is 2. The van der Waals surface area contributed by atoms with Crippen molar-refractivity contribution in [2.75, 3.05) is 0 Å². The van der Waals surface area contributed by atoms with Crippen LogP contribution in [0, 0.1) is 5.92 Å². The van der Waals surface area contributed by atoms with Crippen LogP contribution in [0.15, 0.2) is 30.0 Å². The van der Waals surface area contributed by atoms with E-state index in [-0.39, 0.29) is 0 Å². The maximum absolute atomic E-state index is 4.91. The van der Waals surface area contributed by atoms with Crippen molar-refractivity contribution in [3.8, 4) is 0 Å². The van der Waals surface area contributed by atoms with Crippen molar-refractivity contribution >= 4 is 11.3 Å². The van der Waals surface area contributed by atoms with Crippen molar-refractivity contribution in [3.05, 3.63) is 35.5 Å². The molecule has 1 nitrogen and oxygen atoms in total. The predicted molar refractivity (Wildman–Crippen MR) is 76.6 cm³/mol. The van der Waals surface area contributed by atoms with Gasteiger partial charge in [-0.25, -0.2) is 0 Å². The lowest BCUT2D eigenvalue weighted by Gasteiger charge is -2.21. The van der Waals surface area contributed by atoms with E-state index in [1.54, 1.807) is 0 Å². The molecular formula is C17H22N.